The first kappa shape index (κ1) is 14.9. The van der Waals surface area contributed by atoms with Gasteiger partial charge in [0.15, 0.2) is 11.6 Å². The smallest absolute Gasteiger partial charge is 0.171 e. The van der Waals surface area contributed by atoms with Crippen molar-refractivity contribution in [1.82, 2.24) is 0 Å². The Morgan fingerprint density at radius 3 is 2.30 bits per heavy atom. The van der Waals surface area contributed by atoms with E-state index in [-0.39, 0.29) is 15.8 Å². The van der Waals surface area contributed by atoms with Gasteiger partial charge in [-0.3, -0.25) is 0 Å². The summed E-state index contributed by atoms with van der Waals surface area (Å²) in [7, 11) is 1.26. The molecule has 0 aliphatic carbocycles. The molecule has 0 aliphatic heterocycles. The molecule has 0 radical (unpaired) electrons. The minimum atomic E-state index is -1.77. The molecule has 0 spiro atoms. The van der Waals surface area contributed by atoms with Crippen LogP contribution in [0, 0.1) is 17.5 Å². The summed E-state index contributed by atoms with van der Waals surface area (Å²) in [6, 6.07) is 6.01. The van der Waals surface area contributed by atoms with E-state index in [1.165, 1.54) is 25.3 Å². The molecule has 6 heteroatoms. The van der Waals surface area contributed by atoms with Crippen LogP contribution >= 0.6 is 15.9 Å². The average Bonchev–Trinajstić information content (AvgIpc) is 2.37. The van der Waals surface area contributed by atoms with Crippen LogP contribution in [0.3, 0.4) is 0 Å². The number of aliphatic hydroxyl groups is 1. The lowest BCUT2D eigenvalue weighted by atomic mass is 9.99. The van der Waals surface area contributed by atoms with E-state index < -0.39 is 29.1 Å². The van der Waals surface area contributed by atoms with Crippen molar-refractivity contribution in [3.8, 4) is 5.75 Å². The highest BCUT2D eigenvalue weighted by molar-refractivity contribution is 9.10. The molecular formula is C14H10BrF3O2. The average molecular weight is 347 g/mol. The number of benzene rings is 2. The second-order valence-electron chi connectivity index (χ2n) is 4.05. The van der Waals surface area contributed by atoms with E-state index >= 15 is 0 Å². The number of halogens is 4. The summed E-state index contributed by atoms with van der Waals surface area (Å²) < 4.78 is 46.5. The van der Waals surface area contributed by atoms with Gasteiger partial charge in [0.25, 0.3) is 0 Å². The van der Waals surface area contributed by atoms with Gasteiger partial charge in [-0.25, -0.2) is 13.2 Å². The zero-order valence-electron chi connectivity index (χ0n) is 10.3. The van der Waals surface area contributed by atoms with Crippen LogP contribution in [0.4, 0.5) is 13.2 Å². The minimum Gasteiger partial charge on any atom is -0.494 e. The van der Waals surface area contributed by atoms with Crippen LogP contribution in [-0.4, -0.2) is 12.2 Å². The van der Waals surface area contributed by atoms with Crippen LogP contribution in [0.1, 0.15) is 17.2 Å². The predicted octanol–water partition coefficient (Wildman–Crippen LogP) is 3.96. The number of rotatable bonds is 3. The van der Waals surface area contributed by atoms with E-state index in [1.807, 2.05) is 0 Å². The molecule has 0 bridgehead atoms. The lowest BCUT2D eigenvalue weighted by Gasteiger charge is -2.15. The third kappa shape index (κ3) is 2.66. The van der Waals surface area contributed by atoms with Gasteiger partial charge in [0.1, 0.15) is 17.7 Å². The Labute approximate surface area is 121 Å². The molecule has 2 aromatic carbocycles. The number of aliphatic hydroxyl groups excluding tert-OH is 1. The summed E-state index contributed by atoms with van der Waals surface area (Å²) in [6.07, 6.45) is -1.77. The maximum absolute atomic E-state index is 14.0. The standard InChI is InChI=1S/C14H10BrF3O2/c1-20-11-4-2-3-8(13(11)18)14(19)12-9(16)5-7(15)6-10(12)17/h2-6,14,19H,1H3. The molecule has 0 saturated carbocycles. The summed E-state index contributed by atoms with van der Waals surface area (Å²) in [4.78, 5) is 0. The van der Waals surface area contributed by atoms with Crippen LogP contribution < -0.4 is 4.74 Å². The Morgan fingerprint density at radius 1 is 1.15 bits per heavy atom. The van der Waals surface area contributed by atoms with Crippen molar-refractivity contribution in [3.05, 3.63) is 63.4 Å². The Balaban J connectivity index is 2.55. The molecule has 0 fully saturated rings. The van der Waals surface area contributed by atoms with Crippen molar-refractivity contribution in [1.29, 1.82) is 0 Å². The lowest BCUT2D eigenvalue weighted by Crippen LogP contribution is -2.08. The summed E-state index contributed by atoms with van der Waals surface area (Å²) in [5.74, 6) is -2.90. The number of methoxy groups -OCH3 is 1. The normalized spacial score (nSPS) is 12.3. The van der Waals surface area contributed by atoms with Crippen molar-refractivity contribution in [3.63, 3.8) is 0 Å². The van der Waals surface area contributed by atoms with E-state index in [9.17, 15) is 18.3 Å². The molecule has 0 aliphatic rings. The third-order valence-electron chi connectivity index (χ3n) is 2.82. The fourth-order valence-electron chi connectivity index (χ4n) is 1.87. The van der Waals surface area contributed by atoms with Crippen LogP contribution in [-0.2, 0) is 0 Å². The largest absolute Gasteiger partial charge is 0.494 e. The summed E-state index contributed by atoms with van der Waals surface area (Å²) in [6.45, 7) is 0. The van der Waals surface area contributed by atoms with Crippen LogP contribution in [0.2, 0.25) is 0 Å². The van der Waals surface area contributed by atoms with Gasteiger partial charge in [-0.05, 0) is 18.2 Å². The second kappa shape index (κ2) is 5.85. The van der Waals surface area contributed by atoms with Crippen molar-refractivity contribution in [2.24, 2.45) is 0 Å². The second-order valence-corrected chi connectivity index (χ2v) is 4.96. The van der Waals surface area contributed by atoms with Gasteiger partial charge < -0.3 is 9.84 Å². The van der Waals surface area contributed by atoms with E-state index in [2.05, 4.69) is 15.9 Å². The highest BCUT2D eigenvalue weighted by Crippen LogP contribution is 2.33. The topological polar surface area (TPSA) is 29.5 Å². The van der Waals surface area contributed by atoms with Gasteiger partial charge >= 0.3 is 0 Å². The van der Waals surface area contributed by atoms with Crippen LogP contribution in [0.5, 0.6) is 5.75 Å². The molecule has 2 nitrogen and oxygen atoms in total. The molecule has 0 amide bonds. The lowest BCUT2D eigenvalue weighted by molar-refractivity contribution is 0.202. The van der Waals surface area contributed by atoms with E-state index in [4.69, 9.17) is 4.74 Å². The molecule has 20 heavy (non-hydrogen) atoms. The third-order valence-corrected chi connectivity index (χ3v) is 3.28. The van der Waals surface area contributed by atoms with Crippen molar-refractivity contribution in [2.75, 3.05) is 7.11 Å². The van der Waals surface area contributed by atoms with Gasteiger partial charge in [0.05, 0.1) is 12.7 Å². The Hall–Kier alpha value is -1.53. The monoisotopic (exact) mass is 346 g/mol. The highest BCUT2D eigenvalue weighted by atomic mass is 79.9. The number of hydrogen-bond acceptors (Lipinski definition) is 2. The maximum atomic E-state index is 14.0. The van der Waals surface area contributed by atoms with Crippen molar-refractivity contribution >= 4 is 15.9 Å². The fourth-order valence-corrected chi connectivity index (χ4v) is 2.27. The molecule has 1 atom stereocenters. The number of ether oxygens (including phenoxy) is 1. The minimum absolute atomic E-state index is 0.112. The molecule has 2 rings (SSSR count). The first-order valence-electron chi connectivity index (χ1n) is 5.60. The van der Waals surface area contributed by atoms with Gasteiger partial charge in [0, 0.05) is 10.0 Å². The first-order valence-corrected chi connectivity index (χ1v) is 6.40. The van der Waals surface area contributed by atoms with Gasteiger partial charge in [-0.15, -0.1) is 0 Å². The number of hydrogen-bond donors (Lipinski definition) is 1. The van der Waals surface area contributed by atoms with Crippen molar-refractivity contribution < 1.29 is 23.0 Å². The van der Waals surface area contributed by atoms with E-state index in [1.54, 1.807) is 0 Å². The molecule has 0 heterocycles. The Bertz CT molecular complexity index is 623. The van der Waals surface area contributed by atoms with E-state index in [0.717, 1.165) is 12.1 Å². The maximum Gasteiger partial charge on any atom is 0.171 e. The molecular weight excluding hydrogens is 337 g/mol. The molecule has 106 valence electrons. The SMILES string of the molecule is COc1cccc(C(O)c2c(F)cc(Br)cc2F)c1F. The fraction of sp³-hybridized carbons (Fsp3) is 0.143. The molecule has 0 aromatic heterocycles. The first-order chi connectivity index (χ1) is 9.45. The molecule has 1 N–H and O–H groups in total. The van der Waals surface area contributed by atoms with Crippen LogP contribution in [0.25, 0.3) is 0 Å². The summed E-state index contributed by atoms with van der Waals surface area (Å²) in [5, 5.41) is 10.1. The Kier molecular flexibility index (Phi) is 4.35. The summed E-state index contributed by atoms with van der Waals surface area (Å²) in [5.41, 5.74) is -0.871. The van der Waals surface area contributed by atoms with Crippen molar-refractivity contribution in [2.45, 2.75) is 6.10 Å². The van der Waals surface area contributed by atoms with Crippen LogP contribution in [0.15, 0.2) is 34.8 Å². The predicted molar refractivity (Wildman–Crippen MR) is 71.1 cm³/mol. The molecule has 0 saturated heterocycles. The Morgan fingerprint density at radius 2 is 1.75 bits per heavy atom. The zero-order chi connectivity index (χ0) is 14.9. The van der Waals surface area contributed by atoms with Gasteiger partial charge in [0.2, 0.25) is 0 Å². The highest BCUT2D eigenvalue weighted by Gasteiger charge is 2.24. The molecule has 2 aromatic rings. The molecule has 1 unspecified atom stereocenters. The zero-order valence-corrected chi connectivity index (χ0v) is 11.9. The van der Waals surface area contributed by atoms with Gasteiger partial charge in [-0.1, -0.05) is 28.1 Å². The van der Waals surface area contributed by atoms with E-state index in [0.29, 0.717) is 0 Å². The van der Waals surface area contributed by atoms with Gasteiger partial charge in [-0.2, -0.15) is 0 Å². The quantitative estimate of drug-likeness (QED) is 0.911. The summed E-state index contributed by atoms with van der Waals surface area (Å²) >= 11 is 2.93.